The van der Waals surface area contributed by atoms with E-state index in [4.69, 9.17) is 5.73 Å². The average molecular weight is 274 g/mol. The molecule has 96 valence electrons. The Labute approximate surface area is 106 Å². The molecule has 1 saturated heterocycles. The Hall–Kier alpha value is -0.590. The molecule has 2 unspecified atom stereocenters. The number of anilines is 1. The van der Waals surface area contributed by atoms with Gasteiger partial charge in [0.2, 0.25) is 0 Å². The number of rotatable bonds is 2. The number of hydrogen-bond donors (Lipinski definition) is 1. The van der Waals surface area contributed by atoms with Crippen molar-refractivity contribution in [2.75, 3.05) is 12.3 Å². The topological polar surface area (TPSA) is 63.4 Å². The molecule has 4 nitrogen and oxygen atoms in total. The van der Waals surface area contributed by atoms with Crippen molar-refractivity contribution < 1.29 is 8.42 Å². The van der Waals surface area contributed by atoms with E-state index in [-0.39, 0.29) is 6.04 Å². The lowest BCUT2D eigenvalue weighted by Gasteiger charge is -2.36. The van der Waals surface area contributed by atoms with E-state index in [0.29, 0.717) is 22.4 Å². The molecule has 0 amide bonds. The average Bonchev–Trinajstić information content (AvgIpc) is 2.69. The lowest BCUT2D eigenvalue weighted by atomic mass is 9.94. The normalized spacial score (nSPS) is 27.2. The highest BCUT2D eigenvalue weighted by atomic mass is 32.2. The van der Waals surface area contributed by atoms with Gasteiger partial charge < -0.3 is 5.73 Å². The number of thiophene rings is 1. The van der Waals surface area contributed by atoms with Gasteiger partial charge in [-0.2, -0.15) is 4.31 Å². The number of nitrogen functional groups attached to an aromatic ring is 1. The van der Waals surface area contributed by atoms with Crippen LogP contribution in [0.25, 0.3) is 0 Å². The van der Waals surface area contributed by atoms with Gasteiger partial charge in [-0.05, 0) is 31.7 Å². The summed E-state index contributed by atoms with van der Waals surface area (Å²) in [5.74, 6) is 0.413. The zero-order valence-electron chi connectivity index (χ0n) is 10.1. The molecule has 2 atom stereocenters. The zero-order valence-corrected chi connectivity index (χ0v) is 11.7. The van der Waals surface area contributed by atoms with Gasteiger partial charge >= 0.3 is 0 Å². The van der Waals surface area contributed by atoms with Crippen LogP contribution in [0.15, 0.2) is 15.7 Å². The molecular formula is C11H18N2O2S2. The van der Waals surface area contributed by atoms with Gasteiger partial charge in [-0.25, -0.2) is 8.42 Å². The summed E-state index contributed by atoms with van der Waals surface area (Å²) in [7, 11) is -3.35. The van der Waals surface area contributed by atoms with Crippen LogP contribution < -0.4 is 5.73 Å². The quantitative estimate of drug-likeness (QED) is 0.898. The van der Waals surface area contributed by atoms with E-state index in [1.165, 1.54) is 11.3 Å². The van der Waals surface area contributed by atoms with Gasteiger partial charge in [0, 0.05) is 23.7 Å². The highest BCUT2D eigenvalue weighted by molar-refractivity contribution is 7.91. The van der Waals surface area contributed by atoms with Gasteiger partial charge in [-0.15, -0.1) is 11.3 Å². The molecule has 0 bridgehead atoms. The molecule has 1 fully saturated rings. The fraction of sp³-hybridized carbons (Fsp3) is 0.636. The van der Waals surface area contributed by atoms with E-state index in [0.717, 1.165) is 12.8 Å². The largest absolute Gasteiger partial charge is 0.398 e. The molecule has 1 aromatic heterocycles. The van der Waals surface area contributed by atoms with E-state index in [1.54, 1.807) is 15.8 Å². The van der Waals surface area contributed by atoms with Crippen molar-refractivity contribution in [2.24, 2.45) is 5.92 Å². The van der Waals surface area contributed by atoms with E-state index >= 15 is 0 Å². The summed E-state index contributed by atoms with van der Waals surface area (Å²) >= 11 is 1.20. The van der Waals surface area contributed by atoms with E-state index in [1.807, 2.05) is 6.92 Å². The number of nitrogens with zero attached hydrogens (tertiary/aromatic N) is 1. The Morgan fingerprint density at radius 1 is 1.47 bits per heavy atom. The van der Waals surface area contributed by atoms with Crippen molar-refractivity contribution >= 4 is 27.0 Å². The molecule has 1 aliphatic heterocycles. The first-order valence-corrected chi connectivity index (χ1v) is 8.10. The number of sulfonamides is 1. The van der Waals surface area contributed by atoms with Crippen molar-refractivity contribution in [1.29, 1.82) is 0 Å². The molecule has 17 heavy (non-hydrogen) atoms. The van der Waals surface area contributed by atoms with Gasteiger partial charge in [0.15, 0.2) is 0 Å². The summed E-state index contributed by atoms with van der Waals surface area (Å²) in [6.07, 6.45) is 2.03. The third-order valence-electron chi connectivity index (χ3n) is 3.47. The van der Waals surface area contributed by atoms with Crippen LogP contribution in [-0.2, 0) is 10.0 Å². The molecule has 1 aliphatic rings. The maximum absolute atomic E-state index is 12.4. The van der Waals surface area contributed by atoms with Gasteiger partial charge in [-0.3, -0.25) is 0 Å². The van der Waals surface area contributed by atoms with Crippen molar-refractivity contribution in [3.05, 3.63) is 11.4 Å². The summed E-state index contributed by atoms with van der Waals surface area (Å²) in [5.41, 5.74) is 6.11. The highest BCUT2D eigenvalue weighted by Crippen LogP contribution is 2.31. The van der Waals surface area contributed by atoms with E-state index in [9.17, 15) is 8.42 Å². The fourth-order valence-corrected chi connectivity index (χ4v) is 5.19. The van der Waals surface area contributed by atoms with E-state index in [2.05, 4.69) is 6.92 Å². The highest BCUT2D eigenvalue weighted by Gasteiger charge is 2.35. The standard InChI is InChI=1S/C11H18N2O2S2/c1-8-4-3-5-13(9(8)2)17(14,15)11-6-10(12)7-16-11/h6-9H,3-5,12H2,1-2H3. The summed E-state index contributed by atoms with van der Waals surface area (Å²) in [4.78, 5) is 0. The minimum atomic E-state index is -3.35. The lowest BCUT2D eigenvalue weighted by Crippen LogP contribution is -2.45. The molecule has 2 rings (SSSR count). The molecule has 0 aliphatic carbocycles. The Morgan fingerprint density at radius 3 is 2.76 bits per heavy atom. The van der Waals surface area contributed by atoms with Gasteiger partial charge in [0.05, 0.1) is 0 Å². The third kappa shape index (κ3) is 2.34. The summed E-state index contributed by atoms with van der Waals surface area (Å²) in [5, 5.41) is 1.67. The lowest BCUT2D eigenvalue weighted by molar-refractivity contribution is 0.202. The van der Waals surface area contributed by atoms with Crippen LogP contribution in [0.4, 0.5) is 5.69 Å². The summed E-state index contributed by atoms with van der Waals surface area (Å²) in [6, 6.07) is 1.61. The van der Waals surface area contributed by atoms with Crippen LogP contribution in [0.2, 0.25) is 0 Å². The molecule has 1 aromatic rings. The Balaban J connectivity index is 2.32. The van der Waals surface area contributed by atoms with Crippen LogP contribution >= 0.6 is 11.3 Å². The second kappa shape index (κ2) is 4.59. The molecule has 2 N–H and O–H groups in total. The molecule has 0 radical (unpaired) electrons. The first-order chi connectivity index (χ1) is 7.93. The van der Waals surface area contributed by atoms with Gasteiger partial charge in [0.1, 0.15) is 4.21 Å². The van der Waals surface area contributed by atoms with Crippen LogP contribution in [0.1, 0.15) is 26.7 Å². The van der Waals surface area contributed by atoms with Crippen LogP contribution in [0.5, 0.6) is 0 Å². The maximum Gasteiger partial charge on any atom is 0.252 e. The zero-order chi connectivity index (χ0) is 12.6. The van der Waals surface area contributed by atoms with Crippen LogP contribution in [-0.4, -0.2) is 25.3 Å². The second-order valence-electron chi connectivity index (χ2n) is 4.67. The Bertz CT molecular complexity index is 495. The minimum Gasteiger partial charge on any atom is -0.398 e. The van der Waals surface area contributed by atoms with Crippen molar-refractivity contribution in [3.8, 4) is 0 Å². The molecular weight excluding hydrogens is 256 g/mol. The number of piperidine rings is 1. The van der Waals surface area contributed by atoms with Crippen molar-refractivity contribution in [1.82, 2.24) is 4.31 Å². The minimum absolute atomic E-state index is 0.0667. The summed E-state index contributed by atoms with van der Waals surface area (Å²) in [6.45, 7) is 4.71. The fourth-order valence-electron chi connectivity index (χ4n) is 2.22. The molecule has 0 spiro atoms. The molecule has 0 saturated carbocycles. The van der Waals surface area contributed by atoms with Crippen LogP contribution in [0.3, 0.4) is 0 Å². The third-order valence-corrected chi connectivity index (χ3v) is 6.89. The number of nitrogens with two attached hydrogens (primary N) is 1. The molecule has 2 heterocycles. The first-order valence-electron chi connectivity index (χ1n) is 5.79. The first kappa shape index (κ1) is 12.9. The predicted octanol–water partition coefficient (Wildman–Crippen LogP) is 2.14. The van der Waals surface area contributed by atoms with E-state index < -0.39 is 10.0 Å². The Kier molecular flexibility index (Phi) is 3.47. The van der Waals surface area contributed by atoms with Gasteiger partial charge in [-0.1, -0.05) is 6.92 Å². The van der Waals surface area contributed by atoms with Crippen molar-refractivity contribution in [2.45, 2.75) is 36.9 Å². The number of hydrogen-bond acceptors (Lipinski definition) is 4. The predicted molar refractivity (Wildman–Crippen MR) is 70.5 cm³/mol. The smallest absolute Gasteiger partial charge is 0.252 e. The SMILES string of the molecule is CC1CCCN(S(=O)(=O)c2cc(N)cs2)C1C. The molecule has 0 aromatic carbocycles. The maximum atomic E-state index is 12.4. The second-order valence-corrected chi connectivity index (χ2v) is 7.70. The summed E-state index contributed by atoms with van der Waals surface area (Å²) < 4.78 is 26.8. The van der Waals surface area contributed by atoms with Crippen molar-refractivity contribution in [3.63, 3.8) is 0 Å². The molecule has 6 heteroatoms. The van der Waals surface area contributed by atoms with Crippen LogP contribution in [0, 0.1) is 5.92 Å². The van der Waals surface area contributed by atoms with Gasteiger partial charge in [0.25, 0.3) is 10.0 Å². The monoisotopic (exact) mass is 274 g/mol. The Morgan fingerprint density at radius 2 is 2.18 bits per heavy atom.